The average molecular weight is 636 g/mol. The fourth-order valence-electron chi connectivity index (χ4n) is 5.07. The summed E-state index contributed by atoms with van der Waals surface area (Å²) in [6.45, 7) is 5.61. The van der Waals surface area contributed by atoms with Gasteiger partial charge < -0.3 is 29.7 Å². The van der Waals surface area contributed by atoms with E-state index in [1.54, 1.807) is 55.5 Å². The van der Waals surface area contributed by atoms with Crippen LogP contribution in [0.25, 0.3) is 0 Å². The Hall–Kier alpha value is -3.64. The first-order chi connectivity index (χ1) is 21.3. The fraction of sp³-hybridized carbons (Fsp3) is 0.545. The normalized spacial score (nSPS) is 20.8. The molecule has 1 aliphatic heterocycles. The van der Waals surface area contributed by atoms with Gasteiger partial charge in [-0.25, -0.2) is 0 Å². The van der Waals surface area contributed by atoms with Crippen LogP contribution in [0.1, 0.15) is 73.6 Å². The van der Waals surface area contributed by atoms with Gasteiger partial charge in [-0.1, -0.05) is 25.1 Å². The number of hydrogen-bond acceptors (Lipinski definition) is 6. The molecule has 9 nitrogen and oxygen atoms in total. The Bertz CT molecular complexity index is 1280. The summed E-state index contributed by atoms with van der Waals surface area (Å²) >= 11 is 0. The minimum absolute atomic E-state index is 0.0408. The maximum atomic E-state index is 14.2. The van der Waals surface area contributed by atoms with E-state index in [4.69, 9.17) is 9.47 Å². The number of hydrogen-bond donors (Lipinski definition) is 2. The summed E-state index contributed by atoms with van der Waals surface area (Å²) in [7, 11) is 1.44. The fourth-order valence-corrected chi connectivity index (χ4v) is 5.07. The lowest BCUT2D eigenvalue weighted by molar-refractivity contribution is -0.149. The van der Waals surface area contributed by atoms with Gasteiger partial charge in [0.15, 0.2) is 0 Å². The van der Waals surface area contributed by atoms with Crippen LogP contribution in [0.2, 0.25) is 0 Å². The van der Waals surface area contributed by atoms with Crippen LogP contribution in [0, 0.1) is 5.92 Å². The Kier molecular flexibility index (Phi) is 13.2. The van der Waals surface area contributed by atoms with Crippen LogP contribution in [0.4, 0.5) is 18.9 Å². The van der Waals surface area contributed by atoms with Gasteiger partial charge in [-0.15, -0.1) is 0 Å². The highest BCUT2D eigenvalue weighted by atomic mass is 19.4. The van der Waals surface area contributed by atoms with Crippen LogP contribution in [0.3, 0.4) is 0 Å². The second-order valence-corrected chi connectivity index (χ2v) is 11.7. The molecule has 0 unspecified atom stereocenters. The molecule has 0 spiro atoms. The van der Waals surface area contributed by atoms with Crippen molar-refractivity contribution in [2.45, 2.75) is 77.3 Å². The van der Waals surface area contributed by atoms with Crippen molar-refractivity contribution in [3.05, 3.63) is 59.7 Å². The Morgan fingerprint density at radius 1 is 1.13 bits per heavy atom. The zero-order valence-electron chi connectivity index (χ0n) is 26.3. The smallest absolute Gasteiger partial charge is 0.389 e. The Balaban J connectivity index is 1.91. The summed E-state index contributed by atoms with van der Waals surface area (Å²) < 4.78 is 50.5. The molecule has 0 saturated carbocycles. The number of aliphatic hydroxyl groups is 1. The second-order valence-electron chi connectivity index (χ2n) is 11.7. The zero-order valence-corrected chi connectivity index (χ0v) is 26.3. The van der Waals surface area contributed by atoms with Crippen molar-refractivity contribution in [3.63, 3.8) is 0 Å². The lowest BCUT2D eigenvalue weighted by Gasteiger charge is -2.36. The van der Waals surface area contributed by atoms with Gasteiger partial charge in [0.2, 0.25) is 5.91 Å². The molecule has 3 amide bonds. The number of nitrogens with one attached hydrogen (secondary N) is 1. The number of likely N-dealkylation sites (N-methyl/N-ethyl adjacent to an activating group) is 1. The number of aliphatic hydroxyl groups excluding tert-OH is 1. The summed E-state index contributed by atoms with van der Waals surface area (Å²) in [4.78, 5) is 42.3. The molecular weight excluding hydrogens is 591 g/mol. The minimum Gasteiger partial charge on any atom is -0.490 e. The molecule has 3 rings (SSSR count). The molecule has 2 aromatic rings. The number of halogens is 3. The van der Waals surface area contributed by atoms with E-state index in [-0.39, 0.29) is 43.2 Å². The summed E-state index contributed by atoms with van der Waals surface area (Å²) in [5.41, 5.74) is 1.04. The molecule has 1 aliphatic rings. The number of carbonyl (C=O) groups is 3. The van der Waals surface area contributed by atoms with Crippen LogP contribution in [-0.2, 0) is 9.53 Å². The highest BCUT2D eigenvalue weighted by Gasteiger charge is 2.32. The molecule has 248 valence electrons. The molecule has 1 heterocycles. The number of anilines is 1. The van der Waals surface area contributed by atoms with Crippen LogP contribution in [-0.4, -0.2) is 90.4 Å². The Morgan fingerprint density at radius 2 is 1.84 bits per heavy atom. The molecule has 45 heavy (non-hydrogen) atoms. The number of nitrogens with zero attached hydrogens (tertiary/aromatic N) is 2. The van der Waals surface area contributed by atoms with Gasteiger partial charge in [-0.2, -0.15) is 13.2 Å². The van der Waals surface area contributed by atoms with Crippen LogP contribution in [0.15, 0.2) is 48.5 Å². The van der Waals surface area contributed by atoms with E-state index in [9.17, 15) is 32.7 Å². The molecule has 0 aromatic heterocycles. The van der Waals surface area contributed by atoms with Crippen molar-refractivity contribution < 1.29 is 42.1 Å². The first-order valence-electron chi connectivity index (χ1n) is 15.3. The molecule has 0 radical (unpaired) electrons. The predicted molar refractivity (Wildman–Crippen MR) is 164 cm³/mol. The third kappa shape index (κ3) is 11.0. The van der Waals surface area contributed by atoms with Crippen LogP contribution >= 0.6 is 0 Å². The lowest BCUT2D eigenvalue weighted by Crippen LogP contribution is -2.48. The molecule has 0 fully saturated rings. The third-order valence-corrected chi connectivity index (χ3v) is 7.85. The number of carbonyl (C=O) groups excluding carboxylic acids is 3. The number of alkyl halides is 3. The van der Waals surface area contributed by atoms with E-state index < -0.39 is 43.0 Å². The van der Waals surface area contributed by atoms with E-state index in [2.05, 4.69) is 5.32 Å². The van der Waals surface area contributed by atoms with Crippen molar-refractivity contribution in [2.24, 2.45) is 5.92 Å². The molecule has 4 atom stereocenters. The van der Waals surface area contributed by atoms with Gasteiger partial charge >= 0.3 is 6.18 Å². The molecule has 2 aromatic carbocycles. The first kappa shape index (κ1) is 35.8. The van der Waals surface area contributed by atoms with Crippen LogP contribution < -0.4 is 10.1 Å². The minimum atomic E-state index is -4.44. The average Bonchev–Trinajstić information content (AvgIpc) is 3.01. The largest absolute Gasteiger partial charge is 0.490 e. The molecule has 12 heteroatoms. The monoisotopic (exact) mass is 635 g/mol. The van der Waals surface area contributed by atoms with Gasteiger partial charge in [0, 0.05) is 50.3 Å². The maximum Gasteiger partial charge on any atom is 0.389 e. The van der Waals surface area contributed by atoms with E-state index in [1.165, 1.54) is 16.8 Å². The Labute approximate surface area is 262 Å². The van der Waals surface area contributed by atoms with E-state index in [0.717, 1.165) is 6.42 Å². The quantitative estimate of drug-likeness (QED) is 0.395. The SMILES string of the molecule is C[C@@H]1CCCCO[C@@H](CN(C)C(=O)CCC(F)(F)F)[C@H](C)CN([C@@H](C)CO)C(=O)c2cc(NC(=O)c3ccccc3)ccc2O1. The van der Waals surface area contributed by atoms with Gasteiger partial charge in [-0.3, -0.25) is 14.4 Å². The number of fused-ring (bicyclic) bond motifs is 1. The van der Waals surface area contributed by atoms with Crippen molar-refractivity contribution in [3.8, 4) is 5.75 Å². The van der Waals surface area contributed by atoms with Gasteiger partial charge in [0.25, 0.3) is 11.8 Å². The van der Waals surface area contributed by atoms with Gasteiger partial charge in [0.1, 0.15) is 5.75 Å². The molecular formula is C33H44F3N3O6. The van der Waals surface area contributed by atoms with E-state index in [0.29, 0.717) is 36.4 Å². The number of benzene rings is 2. The number of ether oxygens (including phenoxy) is 2. The predicted octanol–water partition coefficient (Wildman–Crippen LogP) is 5.54. The molecule has 0 aliphatic carbocycles. The summed E-state index contributed by atoms with van der Waals surface area (Å²) in [6.07, 6.45) is -5.03. The molecule has 0 saturated heterocycles. The zero-order chi connectivity index (χ0) is 33.1. The topological polar surface area (TPSA) is 108 Å². The standard InChI is InChI=1S/C33H44F3N3O6/c1-22-19-39(23(2)21-40)32(43)27-18-26(37-31(42)25-11-6-5-7-12-25)13-14-28(27)45-24(3)10-8-9-17-44-29(22)20-38(4)30(41)15-16-33(34,35)36/h5-7,11-14,18,22-24,29,40H,8-10,15-17,19-21H2,1-4H3,(H,37,42)/t22-,23+,24-,29+/m1/s1. The lowest BCUT2D eigenvalue weighted by atomic mass is 10.0. The molecule has 0 bridgehead atoms. The second kappa shape index (κ2) is 16.6. The highest BCUT2D eigenvalue weighted by molar-refractivity contribution is 6.05. The summed E-state index contributed by atoms with van der Waals surface area (Å²) in [6, 6.07) is 12.9. The van der Waals surface area contributed by atoms with E-state index in [1.807, 2.05) is 13.8 Å². The third-order valence-electron chi connectivity index (χ3n) is 7.85. The first-order valence-corrected chi connectivity index (χ1v) is 15.3. The van der Waals surface area contributed by atoms with Crippen molar-refractivity contribution in [1.82, 2.24) is 9.80 Å². The summed E-state index contributed by atoms with van der Waals surface area (Å²) in [5.74, 6) is -1.46. The van der Waals surface area contributed by atoms with Crippen molar-refractivity contribution in [2.75, 3.05) is 38.7 Å². The maximum absolute atomic E-state index is 14.2. The van der Waals surface area contributed by atoms with Crippen molar-refractivity contribution >= 4 is 23.4 Å². The highest BCUT2D eigenvalue weighted by Crippen LogP contribution is 2.29. The van der Waals surface area contributed by atoms with Gasteiger partial charge in [-0.05, 0) is 63.4 Å². The van der Waals surface area contributed by atoms with Crippen LogP contribution in [0.5, 0.6) is 5.75 Å². The summed E-state index contributed by atoms with van der Waals surface area (Å²) in [5, 5.41) is 12.9. The van der Waals surface area contributed by atoms with Crippen molar-refractivity contribution in [1.29, 1.82) is 0 Å². The number of amides is 3. The Morgan fingerprint density at radius 3 is 2.51 bits per heavy atom. The van der Waals surface area contributed by atoms with Gasteiger partial charge in [0.05, 0.1) is 36.8 Å². The molecule has 2 N–H and O–H groups in total. The van der Waals surface area contributed by atoms with E-state index >= 15 is 0 Å². The number of rotatable bonds is 8.